The summed E-state index contributed by atoms with van der Waals surface area (Å²) in [5, 5.41) is 6.71. The van der Waals surface area contributed by atoms with Crippen molar-refractivity contribution < 1.29 is 4.79 Å². The Hall–Kier alpha value is -0.840. The van der Waals surface area contributed by atoms with Gasteiger partial charge in [0.05, 0.1) is 11.7 Å². The summed E-state index contributed by atoms with van der Waals surface area (Å²) in [5.41, 5.74) is 0.487. The molecule has 1 atom stereocenters. The molecule has 6 heteroatoms. The van der Waals surface area contributed by atoms with Crippen molar-refractivity contribution in [2.24, 2.45) is 0 Å². The minimum absolute atomic E-state index is 0.106. The van der Waals surface area contributed by atoms with Gasteiger partial charge >= 0.3 is 0 Å². The molecule has 1 amide bonds. The second-order valence-corrected chi connectivity index (χ2v) is 6.28. The summed E-state index contributed by atoms with van der Waals surface area (Å²) in [5.74, 6) is -0.106. The summed E-state index contributed by atoms with van der Waals surface area (Å²) in [6.45, 7) is 1.87. The third kappa shape index (κ3) is 5.13. The first-order valence-corrected chi connectivity index (χ1v) is 8.21. The molecule has 1 aromatic rings. The Bertz CT molecular complexity index is 488. The highest BCUT2D eigenvalue weighted by Crippen LogP contribution is 2.22. The van der Waals surface area contributed by atoms with Crippen molar-refractivity contribution in [2.45, 2.75) is 57.5 Å². The van der Waals surface area contributed by atoms with Gasteiger partial charge in [0.15, 0.2) is 5.15 Å². The second kappa shape index (κ2) is 7.97. The van der Waals surface area contributed by atoms with Gasteiger partial charge in [-0.15, -0.1) is 0 Å². The molecular weight excluding hydrogens is 309 g/mol. The summed E-state index contributed by atoms with van der Waals surface area (Å²) in [7, 11) is 0. The van der Waals surface area contributed by atoms with Crippen molar-refractivity contribution in [1.82, 2.24) is 10.3 Å². The van der Waals surface area contributed by atoms with E-state index in [1.807, 2.05) is 6.92 Å². The normalized spacial score (nSPS) is 18.0. The molecule has 4 nitrogen and oxygen atoms in total. The zero-order valence-corrected chi connectivity index (χ0v) is 13.7. The third-order valence-electron chi connectivity index (χ3n) is 3.81. The maximum Gasteiger partial charge on any atom is 0.241 e. The third-order valence-corrected chi connectivity index (χ3v) is 4.31. The summed E-state index contributed by atoms with van der Waals surface area (Å²) < 4.78 is 0. The predicted octanol–water partition coefficient (Wildman–Crippen LogP) is 4.03. The molecule has 1 aliphatic carbocycles. The molecule has 0 radical (unpaired) electrons. The topological polar surface area (TPSA) is 54.0 Å². The maximum absolute atomic E-state index is 12.2. The average molecular weight is 330 g/mol. The van der Waals surface area contributed by atoms with Crippen LogP contribution < -0.4 is 10.6 Å². The fraction of sp³-hybridized carbons (Fsp3) is 0.600. The highest BCUT2D eigenvalue weighted by Gasteiger charge is 2.19. The molecule has 0 aromatic carbocycles. The van der Waals surface area contributed by atoms with Crippen LogP contribution in [0.25, 0.3) is 0 Å². The fourth-order valence-electron chi connectivity index (χ4n) is 2.62. The molecule has 1 unspecified atom stereocenters. The van der Waals surface area contributed by atoms with E-state index in [2.05, 4.69) is 15.6 Å². The quantitative estimate of drug-likeness (QED) is 0.647. The highest BCUT2D eigenvalue weighted by atomic mass is 35.5. The van der Waals surface area contributed by atoms with Gasteiger partial charge in [-0.25, -0.2) is 4.98 Å². The van der Waals surface area contributed by atoms with Crippen molar-refractivity contribution in [2.75, 3.05) is 5.32 Å². The molecule has 0 aliphatic heterocycles. The van der Waals surface area contributed by atoms with Crippen molar-refractivity contribution >= 4 is 34.8 Å². The van der Waals surface area contributed by atoms with Crippen LogP contribution in [0.5, 0.6) is 0 Å². The Balaban J connectivity index is 1.89. The van der Waals surface area contributed by atoms with Crippen LogP contribution in [0, 0.1) is 0 Å². The Kier molecular flexibility index (Phi) is 6.27. The SMILES string of the molecule is CC(NC1CCCCCC1)C(=O)Nc1ccc(Cl)nc1Cl. The molecule has 0 spiro atoms. The number of halogens is 2. The maximum atomic E-state index is 12.2. The zero-order chi connectivity index (χ0) is 15.2. The lowest BCUT2D eigenvalue weighted by Crippen LogP contribution is -2.43. The van der Waals surface area contributed by atoms with Gasteiger partial charge in [0.25, 0.3) is 0 Å². The highest BCUT2D eigenvalue weighted by molar-refractivity contribution is 6.34. The Morgan fingerprint density at radius 3 is 2.52 bits per heavy atom. The van der Waals surface area contributed by atoms with Gasteiger partial charge in [0, 0.05) is 6.04 Å². The van der Waals surface area contributed by atoms with Crippen LogP contribution in [-0.4, -0.2) is 23.0 Å². The van der Waals surface area contributed by atoms with Gasteiger partial charge in [-0.1, -0.05) is 48.9 Å². The van der Waals surface area contributed by atoms with Gasteiger partial charge in [0.1, 0.15) is 5.15 Å². The van der Waals surface area contributed by atoms with E-state index in [1.54, 1.807) is 12.1 Å². The predicted molar refractivity (Wildman–Crippen MR) is 87.0 cm³/mol. The van der Waals surface area contributed by atoms with E-state index in [-0.39, 0.29) is 17.1 Å². The average Bonchev–Trinajstić information content (AvgIpc) is 2.70. The number of nitrogens with zero attached hydrogens (tertiary/aromatic N) is 1. The molecule has 1 fully saturated rings. The van der Waals surface area contributed by atoms with E-state index in [9.17, 15) is 4.79 Å². The molecule has 2 rings (SSSR count). The molecule has 2 N–H and O–H groups in total. The molecule has 116 valence electrons. The summed E-state index contributed by atoms with van der Waals surface area (Å²) >= 11 is 11.7. The van der Waals surface area contributed by atoms with Crippen LogP contribution in [0.2, 0.25) is 10.3 Å². The van der Waals surface area contributed by atoms with Crippen LogP contribution in [-0.2, 0) is 4.79 Å². The number of carbonyl (C=O) groups excluding carboxylic acids is 1. The lowest BCUT2D eigenvalue weighted by atomic mass is 10.1. The zero-order valence-electron chi connectivity index (χ0n) is 12.2. The number of carbonyl (C=O) groups is 1. The Labute approximate surface area is 135 Å². The van der Waals surface area contributed by atoms with E-state index < -0.39 is 0 Å². The number of pyridine rings is 1. The molecule has 1 aromatic heterocycles. The summed E-state index contributed by atoms with van der Waals surface area (Å²) in [4.78, 5) is 16.1. The number of anilines is 1. The van der Waals surface area contributed by atoms with E-state index in [0.29, 0.717) is 16.9 Å². The minimum atomic E-state index is -0.264. The molecule has 1 heterocycles. The van der Waals surface area contributed by atoms with Gasteiger partial charge in [-0.05, 0) is 31.9 Å². The van der Waals surface area contributed by atoms with Crippen molar-refractivity contribution in [3.63, 3.8) is 0 Å². The number of rotatable bonds is 4. The van der Waals surface area contributed by atoms with Crippen LogP contribution in [0.4, 0.5) is 5.69 Å². The van der Waals surface area contributed by atoms with E-state index in [0.717, 1.165) is 12.8 Å². The smallest absolute Gasteiger partial charge is 0.241 e. The summed E-state index contributed by atoms with van der Waals surface area (Å²) in [6, 6.07) is 3.42. The van der Waals surface area contributed by atoms with Crippen molar-refractivity contribution in [3.05, 3.63) is 22.4 Å². The minimum Gasteiger partial charge on any atom is -0.322 e. The van der Waals surface area contributed by atoms with E-state index in [4.69, 9.17) is 23.2 Å². The van der Waals surface area contributed by atoms with Crippen molar-refractivity contribution in [1.29, 1.82) is 0 Å². The lowest BCUT2D eigenvalue weighted by molar-refractivity contribution is -0.118. The Morgan fingerprint density at radius 2 is 1.90 bits per heavy atom. The largest absolute Gasteiger partial charge is 0.322 e. The molecule has 1 saturated carbocycles. The number of amides is 1. The van der Waals surface area contributed by atoms with Crippen LogP contribution in [0.1, 0.15) is 45.4 Å². The first kappa shape index (κ1) is 16.5. The molecule has 21 heavy (non-hydrogen) atoms. The van der Waals surface area contributed by atoms with Gasteiger partial charge in [-0.3, -0.25) is 4.79 Å². The van der Waals surface area contributed by atoms with Crippen LogP contribution in [0.3, 0.4) is 0 Å². The molecule has 0 bridgehead atoms. The standard InChI is InChI=1S/C15H21Cl2N3O/c1-10(18-11-6-4-2-3-5-7-11)15(21)19-12-8-9-13(16)20-14(12)17/h8-11,18H,2-7H2,1H3,(H,19,21). The fourth-order valence-corrected chi connectivity index (χ4v) is 3.01. The lowest BCUT2D eigenvalue weighted by Gasteiger charge is -2.21. The number of hydrogen-bond donors (Lipinski definition) is 2. The second-order valence-electron chi connectivity index (χ2n) is 5.54. The Morgan fingerprint density at radius 1 is 1.24 bits per heavy atom. The summed E-state index contributed by atoms with van der Waals surface area (Å²) in [6.07, 6.45) is 7.34. The van der Waals surface area contributed by atoms with Gasteiger partial charge in [-0.2, -0.15) is 0 Å². The van der Waals surface area contributed by atoms with Crippen LogP contribution >= 0.6 is 23.2 Å². The molecular formula is C15H21Cl2N3O. The van der Waals surface area contributed by atoms with Gasteiger partial charge in [0.2, 0.25) is 5.91 Å². The van der Waals surface area contributed by atoms with Crippen molar-refractivity contribution in [3.8, 4) is 0 Å². The number of nitrogens with one attached hydrogen (secondary N) is 2. The molecule has 1 aliphatic rings. The van der Waals surface area contributed by atoms with Gasteiger partial charge < -0.3 is 10.6 Å². The first-order valence-electron chi connectivity index (χ1n) is 7.45. The number of aromatic nitrogens is 1. The number of hydrogen-bond acceptors (Lipinski definition) is 3. The monoisotopic (exact) mass is 329 g/mol. The van der Waals surface area contributed by atoms with E-state index >= 15 is 0 Å². The van der Waals surface area contributed by atoms with E-state index in [1.165, 1.54) is 25.7 Å². The first-order chi connectivity index (χ1) is 10.1. The van der Waals surface area contributed by atoms with Crippen LogP contribution in [0.15, 0.2) is 12.1 Å². The molecule has 0 saturated heterocycles.